The van der Waals surface area contributed by atoms with Crippen LogP contribution >= 0.6 is 0 Å². The molecular formula is C16H21N3O2. The number of fused-ring (bicyclic) bond motifs is 1. The van der Waals surface area contributed by atoms with E-state index in [0.717, 1.165) is 23.0 Å². The number of benzene rings is 1. The average Bonchev–Trinajstić information content (AvgIpc) is 2.48. The first-order valence-electron chi connectivity index (χ1n) is 7.03. The van der Waals surface area contributed by atoms with Gasteiger partial charge >= 0.3 is 0 Å². The zero-order chi connectivity index (χ0) is 15.2. The summed E-state index contributed by atoms with van der Waals surface area (Å²) in [6, 6.07) is 9.10. The van der Waals surface area contributed by atoms with E-state index in [1.54, 1.807) is 7.11 Å². The summed E-state index contributed by atoms with van der Waals surface area (Å²) in [6.45, 7) is 2.53. The van der Waals surface area contributed by atoms with E-state index < -0.39 is 6.04 Å². The topological polar surface area (TPSA) is 77.2 Å². The van der Waals surface area contributed by atoms with Gasteiger partial charge in [0, 0.05) is 24.8 Å². The number of nitrogens with two attached hydrogens (primary N) is 1. The predicted molar refractivity (Wildman–Crippen MR) is 84.2 cm³/mol. The van der Waals surface area contributed by atoms with Crippen molar-refractivity contribution >= 4 is 22.5 Å². The van der Waals surface area contributed by atoms with Gasteiger partial charge in [0.05, 0.1) is 17.2 Å². The lowest BCUT2D eigenvalue weighted by Crippen LogP contribution is -2.35. The highest BCUT2D eigenvalue weighted by molar-refractivity contribution is 6.02. The first kappa shape index (κ1) is 15.4. The molecule has 0 aliphatic carbocycles. The smallest absolute Gasteiger partial charge is 0.241 e. The number of carbonyl (C=O) groups is 1. The summed E-state index contributed by atoms with van der Waals surface area (Å²) in [5.74, 6) is -0.193. The standard InChI is InChI=1S/C16H21N3O2/c1-11-8-9-12-5-3-7-14(15(12)18-11)19-16(20)13(17)6-4-10-21-2/h3,5,7-9,13H,4,6,10,17H2,1-2H3,(H,19,20). The molecule has 2 rings (SSSR count). The van der Waals surface area contributed by atoms with Crippen molar-refractivity contribution in [1.82, 2.24) is 4.98 Å². The molecule has 0 radical (unpaired) electrons. The number of hydrogen-bond acceptors (Lipinski definition) is 4. The molecule has 2 aromatic rings. The second-order valence-corrected chi connectivity index (χ2v) is 5.06. The van der Waals surface area contributed by atoms with E-state index >= 15 is 0 Å². The summed E-state index contributed by atoms with van der Waals surface area (Å²) in [5, 5.41) is 3.86. The third kappa shape index (κ3) is 4.00. The van der Waals surface area contributed by atoms with Gasteiger partial charge in [-0.05, 0) is 31.9 Å². The molecule has 112 valence electrons. The zero-order valence-electron chi connectivity index (χ0n) is 12.4. The Bertz CT molecular complexity index is 628. The number of anilines is 1. The Morgan fingerprint density at radius 1 is 1.38 bits per heavy atom. The summed E-state index contributed by atoms with van der Waals surface area (Å²) in [4.78, 5) is 16.6. The van der Waals surface area contributed by atoms with E-state index in [0.29, 0.717) is 18.7 Å². The highest BCUT2D eigenvalue weighted by atomic mass is 16.5. The Balaban J connectivity index is 2.12. The minimum Gasteiger partial charge on any atom is -0.385 e. The van der Waals surface area contributed by atoms with Gasteiger partial charge in [0.1, 0.15) is 0 Å². The highest BCUT2D eigenvalue weighted by Crippen LogP contribution is 2.21. The van der Waals surface area contributed by atoms with Gasteiger partial charge in [0.25, 0.3) is 0 Å². The van der Waals surface area contributed by atoms with Gasteiger partial charge in [0.2, 0.25) is 5.91 Å². The van der Waals surface area contributed by atoms with Gasteiger partial charge in [-0.3, -0.25) is 9.78 Å². The molecule has 1 amide bonds. The van der Waals surface area contributed by atoms with E-state index in [1.165, 1.54) is 0 Å². The van der Waals surface area contributed by atoms with Crippen molar-refractivity contribution in [2.45, 2.75) is 25.8 Å². The lowest BCUT2D eigenvalue weighted by atomic mass is 10.1. The van der Waals surface area contributed by atoms with Crippen molar-refractivity contribution in [2.24, 2.45) is 5.73 Å². The van der Waals surface area contributed by atoms with Gasteiger partial charge in [-0.1, -0.05) is 18.2 Å². The molecule has 0 fully saturated rings. The number of ether oxygens (including phenoxy) is 1. The molecule has 1 unspecified atom stereocenters. The number of methoxy groups -OCH3 is 1. The van der Waals surface area contributed by atoms with E-state index in [9.17, 15) is 4.79 Å². The van der Waals surface area contributed by atoms with Crippen molar-refractivity contribution in [3.63, 3.8) is 0 Å². The van der Waals surface area contributed by atoms with E-state index in [4.69, 9.17) is 10.5 Å². The van der Waals surface area contributed by atoms with Gasteiger partial charge in [-0.2, -0.15) is 0 Å². The first-order chi connectivity index (χ1) is 10.1. The largest absolute Gasteiger partial charge is 0.385 e. The molecule has 0 bridgehead atoms. The number of nitrogens with one attached hydrogen (secondary N) is 1. The number of para-hydroxylation sites is 1. The molecular weight excluding hydrogens is 266 g/mol. The predicted octanol–water partition coefficient (Wildman–Crippen LogP) is 2.24. The molecule has 0 spiro atoms. The van der Waals surface area contributed by atoms with Crippen LogP contribution in [0.3, 0.4) is 0 Å². The minimum absolute atomic E-state index is 0.193. The number of aryl methyl sites for hydroxylation is 1. The second kappa shape index (κ2) is 7.15. The fraction of sp³-hybridized carbons (Fsp3) is 0.375. The maximum Gasteiger partial charge on any atom is 0.241 e. The number of pyridine rings is 1. The van der Waals surface area contributed by atoms with E-state index in [-0.39, 0.29) is 5.91 Å². The third-order valence-electron chi connectivity index (χ3n) is 3.32. The number of nitrogens with zero attached hydrogens (tertiary/aromatic N) is 1. The zero-order valence-corrected chi connectivity index (χ0v) is 12.4. The van der Waals surface area contributed by atoms with Crippen LogP contribution in [0.2, 0.25) is 0 Å². The number of aromatic nitrogens is 1. The molecule has 0 aliphatic heterocycles. The molecule has 1 aromatic carbocycles. The molecule has 1 atom stereocenters. The number of amides is 1. The van der Waals surface area contributed by atoms with Crippen LogP contribution in [0.15, 0.2) is 30.3 Å². The van der Waals surface area contributed by atoms with Crippen LogP contribution in [0, 0.1) is 6.92 Å². The third-order valence-corrected chi connectivity index (χ3v) is 3.32. The molecule has 1 heterocycles. The molecule has 1 aromatic heterocycles. The van der Waals surface area contributed by atoms with Gasteiger partial charge in [-0.25, -0.2) is 0 Å². The highest BCUT2D eigenvalue weighted by Gasteiger charge is 2.14. The summed E-state index contributed by atoms with van der Waals surface area (Å²) in [5.41, 5.74) is 8.29. The maximum absolute atomic E-state index is 12.1. The van der Waals surface area contributed by atoms with Crippen LogP contribution in [0.4, 0.5) is 5.69 Å². The first-order valence-corrected chi connectivity index (χ1v) is 7.03. The van der Waals surface area contributed by atoms with Crippen LogP contribution in [0.1, 0.15) is 18.5 Å². The normalized spacial score (nSPS) is 12.3. The van der Waals surface area contributed by atoms with E-state index in [1.807, 2.05) is 37.3 Å². The van der Waals surface area contributed by atoms with Crippen LogP contribution < -0.4 is 11.1 Å². The fourth-order valence-corrected chi connectivity index (χ4v) is 2.15. The Hall–Kier alpha value is -1.98. The summed E-state index contributed by atoms with van der Waals surface area (Å²) >= 11 is 0. The molecule has 0 saturated carbocycles. The van der Waals surface area contributed by atoms with Gasteiger partial charge in [-0.15, -0.1) is 0 Å². The Kier molecular flexibility index (Phi) is 5.25. The summed E-state index contributed by atoms with van der Waals surface area (Å²) in [6.07, 6.45) is 1.36. The maximum atomic E-state index is 12.1. The van der Waals surface area contributed by atoms with Gasteiger partial charge in [0.15, 0.2) is 0 Å². The van der Waals surface area contributed by atoms with Crippen LogP contribution in [-0.2, 0) is 9.53 Å². The molecule has 0 aliphatic rings. The van der Waals surface area contributed by atoms with Crippen molar-refractivity contribution in [2.75, 3.05) is 19.0 Å². The van der Waals surface area contributed by atoms with Crippen LogP contribution in [-0.4, -0.2) is 30.6 Å². The number of rotatable bonds is 6. The Morgan fingerprint density at radius 3 is 2.95 bits per heavy atom. The van der Waals surface area contributed by atoms with Crippen molar-refractivity contribution in [1.29, 1.82) is 0 Å². The Morgan fingerprint density at radius 2 is 2.19 bits per heavy atom. The van der Waals surface area contributed by atoms with Crippen molar-refractivity contribution < 1.29 is 9.53 Å². The monoisotopic (exact) mass is 287 g/mol. The quantitative estimate of drug-likeness (QED) is 0.799. The van der Waals surface area contributed by atoms with Crippen LogP contribution in [0.5, 0.6) is 0 Å². The lowest BCUT2D eigenvalue weighted by Gasteiger charge is -2.13. The fourth-order valence-electron chi connectivity index (χ4n) is 2.15. The Labute approximate surface area is 124 Å². The minimum atomic E-state index is -0.541. The number of carbonyl (C=O) groups excluding carboxylic acids is 1. The van der Waals surface area contributed by atoms with Gasteiger partial charge < -0.3 is 15.8 Å². The molecule has 3 N–H and O–H groups in total. The molecule has 5 heteroatoms. The molecule has 5 nitrogen and oxygen atoms in total. The van der Waals surface area contributed by atoms with Crippen LogP contribution in [0.25, 0.3) is 10.9 Å². The average molecular weight is 287 g/mol. The van der Waals surface area contributed by atoms with Crippen molar-refractivity contribution in [3.8, 4) is 0 Å². The van der Waals surface area contributed by atoms with E-state index in [2.05, 4.69) is 10.3 Å². The second-order valence-electron chi connectivity index (χ2n) is 5.06. The summed E-state index contributed by atoms with van der Waals surface area (Å²) < 4.78 is 4.96. The lowest BCUT2D eigenvalue weighted by molar-refractivity contribution is -0.117. The number of hydrogen-bond donors (Lipinski definition) is 2. The molecule has 0 saturated heterocycles. The van der Waals surface area contributed by atoms with Crippen molar-refractivity contribution in [3.05, 3.63) is 36.0 Å². The summed E-state index contributed by atoms with van der Waals surface area (Å²) in [7, 11) is 1.63. The SMILES string of the molecule is COCCCC(N)C(=O)Nc1cccc2ccc(C)nc12. The molecule has 21 heavy (non-hydrogen) atoms.